The highest BCUT2D eigenvalue weighted by molar-refractivity contribution is 6.35. The fourth-order valence-corrected chi connectivity index (χ4v) is 5.05. The number of halogens is 2. The van der Waals surface area contributed by atoms with E-state index in [1.54, 1.807) is 12.3 Å². The van der Waals surface area contributed by atoms with Gasteiger partial charge < -0.3 is 10.1 Å². The number of hydrogen-bond acceptors (Lipinski definition) is 3. The molecule has 6 heteroatoms. The molecule has 1 aliphatic rings. The second-order valence-electron chi connectivity index (χ2n) is 8.06. The molecule has 0 aliphatic carbocycles. The first-order chi connectivity index (χ1) is 16.0. The zero-order valence-electron chi connectivity index (χ0n) is 18.1. The lowest BCUT2D eigenvalue weighted by Crippen LogP contribution is -2.32. The lowest BCUT2D eigenvalue weighted by atomic mass is 9.95. The van der Waals surface area contributed by atoms with E-state index < -0.39 is 0 Å². The van der Waals surface area contributed by atoms with Gasteiger partial charge in [0, 0.05) is 39.2 Å². The number of benzene rings is 3. The minimum absolute atomic E-state index is 0.0946. The standard InChI is InChI=1S/C27H22Cl2N2O2/c1-2-19-21-8-5-7-20(16-12-17(28)14-18(29)13-16)26(21)30-15-23(19)27(32)31-24-10-11-33-25-9-4-3-6-22(24)25/h3-9,12-15,24H,2,10-11H2,1H3,(H,31,32)/t24-/m0/s1. The molecule has 0 spiro atoms. The van der Waals surface area contributed by atoms with Crippen molar-refractivity contribution < 1.29 is 9.53 Å². The summed E-state index contributed by atoms with van der Waals surface area (Å²) in [5, 5.41) is 5.28. The van der Waals surface area contributed by atoms with Crippen LogP contribution < -0.4 is 10.1 Å². The van der Waals surface area contributed by atoms with E-state index in [1.165, 1.54) is 0 Å². The number of carbonyl (C=O) groups is 1. The Morgan fingerprint density at radius 3 is 2.67 bits per heavy atom. The molecule has 1 atom stereocenters. The molecule has 1 N–H and O–H groups in total. The molecular weight excluding hydrogens is 455 g/mol. The van der Waals surface area contributed by atoms with E-state index in [4.69, 9.17) is 32.9 Å². The first kappa shape index (κ1) is 21.7. The summed E-state index contributed by atoms with van der Waals surface area (Å²) >= 11 is 12.5. The molecule has 0 saturated carbocycles. The highest BCUT2D eigenvalue weighted by Crippen LogP contribution is 2.35. The number of rotatable bonds is 4. The van der Waals surface area contributed by atoms with E-state index in [1.807, 2.05) is 54.6 Å². The second kappa shape index (κ2) is 9.05. The maximum Gasteiger partial charge on any atom is 0.253 e. The van der Waals surface area contributed by atoms with Crippen molar-refractivity contribution in [1.82, 2.24) is 10.3 Å². The van der Waals surface area contributed by atoms with Crippen molar-refractivity contribution >= 4 is 40.0 Å². The van der Waals surface area contributed by atoms with E-state index >= 15 is 0 Å². The Morgan fingerprint density at radius 2 is 1.88 bits per heavy atom. The largest absolute Gasteiger partial charge is 0.493 e. The molecular formula is C27H22Cl2N2O2. The van der Waals surface area contributed by atoms with Crippen LogP contribution in [0.5, 0.6) is 5.75 Å². The van der Waals surface area contributed by atoms with Crippen LogP contribution in [0.25, 0.3) is 22.0 Å². The molecule has 0 bridgehead atoms. The minimum Gasteiger partial charge on any atom is -0.493 e. The van der Waals surface area contributed by atoms with Crippen molar-refractivity contribution in [3.63, 3.8) is 0 Å². The normalized spacial score (nSPS) is 15.1. The Balaban J connectivity index is 1.54. The van der Waals surface area contributed by atoms with Gasteiger partial charge in [0.2, 0.25) is 0 Å². The quantitative estimate of drug-likeness (QED) is 0.344. The Morgan fingerprint density at radius 1 is 1.09 bits per heavy atom. The van der Waals surface area contributed by atoms with E-state index in [9.17, 15) is 4.79 Å². The molecule has 0 unspecified atom stereocenters. The Labute approximate surface area is 202 Å². The first-order valence-corrected chi connectivity index (χ1v) is 11.7. The van der Waals surface area contributed by atoms with Gasteiger partial charge in [-0.25, -0.2) is 0 Å². The number of nitrogens with one attached hydrogen (secondary N) is 1. The number of aromatic nitrogens is 1. The molecule has 166 valence electrons. The summed E-state index contributed by atoms with van der Waals surface area (Å²) in [5.41, 5.74) is 5.20. The Bertz CT molecular complexity index is 1350. The summed E-state index contributed by atoms with van der Waals surface area (Å²) in [6.07, 6.45) is 3.11. The van der Waals surface area contributed by atoms with Gasteiger partial charge in [0.1, 0.15) is 5.75 Å². The predicted octanol–water partition coefficient (Wildman–Crippen LogP) is 7.02. The fraction of sp³-hybridized carbons (Fsp3) is 0.185. The van der Waals surface area contributed by atoms with Gasteiger partial charge in [-0.2, -0.15) is 0 Å². The fourth-order valence-electron chi connectivity index (χ4n) is 4.53. The molecule has 0 radical (unpaired) electrons. The molecule has 4 aromatic rings. The lowest BCUT2D eigenvalue weighted by molar-refractivity contribution is 0.0923. The van der Waals surface area contributed by atoms with E-state index in [0.29, 0.717) is 28.6 Å². The van der Waals surface area contributed by atoms with Gasteiger partial charge >= 0.3 is 0 Å². The zero-order valence-corrected chi connectivity index (χ0v) is 19.6. The van der Waals surface area contributed by atoms with Gasteiger partial charge in [0.15, 0.2) is 0 Å². The number of carbonyl (C=O) groups excluding carboxylic acids is 1. The van der Waals surface area contributed by atoms with Crippen LogP contribution in [0, 0.1) is 0 Å². The van der Waals surface area contributed by atoms with Gasteiger partial charge in [-0.1, -0.05) is 66.5 Å². The number of amides is 1. The maximum absolute atomic E-state index is 13.4. The van der Waals surface area contributed by atoms with E-state index in [-0.39, 0.29) is 11.9 Å². The van der Waals surface area contributed by atoms with Crippen LogP contribution >= 0.6 is 23.2 Å². The molecule has 1 aromatic heterocycles. The number of ether oxygens (including phenoxy) is 1. The van der Waals surface area contributed by atoms with Crippen LogP contribution in [0.1, 0.15) is 40.9 Å². The highest BCUT2D eigenvalue weighted by atomic mass is 35.5. The summed E-state index contributed by atoms with van der Waals surface area (Å²) in [6, 6.07) is 19.2. The zero-order chi connectivity index (χ0) is 22.9. The van der Waals surface area contributed by atoms with Crippen molar-refractivity contribution in [2.24, 2.45) is 0 Å². The SMILES string of the molecule is CCc1c(C(=O)N[C@H]2CCOc3ccccc32)cnc2c(-c3cc(Cl)cc(Cl)c3)cccc12. The molecule has 5 rings (SSSR count). The third kappa shape index (κ3) is 4.17. The number of nitrogens with zero attached hydrogens (tertiary/aromatic N) is 1. The number of pyridine rings is 1. The topological polar surface area (TPSA) is 51.2 Å². The minimum atomic E-state index is -0.126. The summed E-state index contributed by atoms with van der Waals surface area (Å²) in [7, 11) is 0. The van der Waals surface area contributed by atoms with Crippen LogP contribution in [0.4, 0.5) is 0 Å². The Kier molecular flexibility index (Phi) is 5.96. The van der Waals surface area contributed by atoms with Crippen LogP contribution in [-0.4, -0.2) is 17.5 Å². The second-order valence-corrected chi connectivity index (χ2v) is 8.94. The van der Waals surface area contributed by atoms with Gasteiger partial charge in [-0.15, -0.1) is 0 Å². The highest BCUT2D eigenvalue weighted by Gasteiger charge is 2.25. The van der Waals surface area contributed by atoms with Crippen LogP contribution in [0.15, 0.2) is 66.9 Å². The molecule has 33 heavy (non-hydrogen) atoms. The number of hydrogen-bond donors (Lipinski definition) is 1. The smallest absolute Gasteiger partial charge is 0.253 e. The number of aryl methyl sites for hydroxylation is 1. The third-order valence-electron chi connectivity index (χ3n) is 6.04. The third-order valence-corrected chi connectivity index (χ3v) is 6.48. The molecule has 3 aromatic carbocycles. The first-order valence-electron chi connectivity index (χ1n) is 10.9. The average Bonchev–Trinajstić information content (AvgIpc) is 2.82. The molecule has 0 saturated heterocycles. The van der Waals surface area contributed by atoms with E-state index in [0.717, 1.165) is 45.3 Å². The van der Waals surface area contributed by atoms with E-state index in [2.05, 4.69) is 12.2 Å². The average molecular weight is 477 g/mol. The van der Waals surface area contributed by atoms with Crippen LogP contribution in [-0.2, 0) is 6.42 Å². The number of fused-ring (bicyclic) bond motifs is 2. The molecule has 4 nitrogen and oxygen atoms in total. The lowest BCUT2D eigenvalue weighted by Gasteiger charge is -2.27. The molecule has 2 heterocycles. The molecule has 1 amide bonds. The maximum atomic E-state index is 13.4. The van der Waals surface area contributed by atoms with Crippen molar-refractivity contribution in [3.8, 4) is 16.9 Å². The Hall–Kier alpha value is -3.08. The van der Waals surface area contributed by atoms with Crippen molar-refractivity contribution in [1.29, 1.82) is 0 Å². The molecule has 1 aliphatic heterocycles. The van der Waals surface area contributed by atoms with Gasteiger partial charge in [0.05, 0.1) is 23.7 Å². The predicted molar refractivity (Wildman–Crippen MR) is 133 cm³/mol. The van der Waals surface area contributed by atoms with Gasteiger partial charge in [-0.05, 0) is 41.8 Å². The summed E-state index contributed by atoms with van der Waals surface area (Å²) < 4.78 is 5.73. The van der Waals surface area contributed by atoms with Crippen molar-refractivity contribution in [2.45, 2.75) is 25.8 Å². The van der Waals surface area contributed by atoms with Gasteiger partial charge in [-0.3, -0.25) is 9.78 Å². The van der Waals surface area contributed by atoms with Crippen LogP contribution in [0.2, 0.25) is 10.0 Å². The molecule has 0 fully saturated rings. The van der Waals surface area contributed by atoms with Gasteiger partial charge in [0.25, 0.3) is 5.91 Å². The summed E-state index contributed by atoms with van der Waals surface area (Å²) in [5.74, 6) is 0.699. The van der Waals surface area contributed by atoms with Crippen molar-refractivity contribution in [2.75, 3.05) is 6.61 Å². The van der Waals surface area contributed by atoms with Crippen LogP contribution in [0.3, 0.4) is 0 Å². The summed E-state index contributed by atoms with van der Waals surface area (Å²) in [6.45, 7) is 2.63. The monoisotopic (exact) mass is 476 g/mol. The number of para-hydroxylation sites is 2. The summed E-state index contributed by atoms with van der Waals surface area (Å²) in [4.78, 5) is 18.1. The van der Waals surface area contributed by atoms with Crippen molar-refractivity contribution in [3.05, 3.63) is 93.6 Å².